The number of nitrogens with zero attached hydrogens (tertiary/aromatic N) is 2. The van der Waals surface area contributed by atoms with Gasteiger partial charge in [0.25, 0.3) is 0 Å². The van der Waals surface area contributed by atoms with Gasteiger partial charge in [0.2, 0.25) is 0 Å². The fraction of sp³-hybridized carbons (Fsp3) is 0.429. The third-order valence-corrected chi connectivity index (χ3v) is 4.40. The van der Waals surface area contributed by atoms with E-state index in [1.54, 1.807) is 11.3 Å². The van der Waals surface area contributed by atoms with Crippen molar-refractivity contribution in [2.45, 2.75) is 26.7 Å². The maximum absolute atomic E-state index is 6.31. The standard InChI is InChI=1S/C14H18ClN3S/c1-3-16-9-5-8-12-17-18-14(19-12)11-7-4-6-10(2)13(11)15/h4,6-7,16H,3,5,8-9H2,1-2H3. The Hall–Kier alpha value is -0.970. The summed E-state index contributed by atoms with van der Waals surface area (Å²) < 4.78 is 0. The molecule has 0 atom stereocenters. The molecule has 5 heteroatoms. The summed E-state index contributed by atoms with van der Waals surface area (Å²) in [5, 5.41) is 14.6. The van der Waals surface area contributed by atoms with Gasteiger partial charge in [0.15, 0.2) is 0 Å². The summed E-state index contributed by atoms with van der Waals surface area (Å²) in [4.78, 5) is 0. The van der Waals surface area contributed by atoms with E-state index in [-0.39, 0.29) is 0 Å². The fourth-order valence-corrected chi connectivity index (χ4v) is 3.00. The van der Waals surface area contributed by atoms with Crippen LogP contribution in [-0.4, -0.2) is 23.3 Å². The van der Waals surface area contributed by atoms with Gasteiger partial charge in [0.05, 0.1) is 5.02 Å². The third kappa shape index (κ3) is 3.75. The maximum atomic E-state index is 6.31. The van der Waals surface area contributed by atoms with Crippen LogP contribution in [0.15, 0.2) is 18.2 Å². The Labute approximate surface area is 123 Å². The van der Waals surface area contributed by atoms with Gasteiger partial charge in [-0.15, -0.1) is 10.2 Å². The van der Waals surface area contributed by atoms with Crippen molar-refractivity contribution < 1.29 is 0 Å². The van der Waals surface area contributed by atoms with Crippen molar-refractivity contribution in [3.63, 3.8) is 0 Å². The van der Waals surface area contributed by atoms with Crippen LogP contribution < -0.4 is 5.32 Å². The van der Waals surface area contributed by atoms with Crippen molar-refractivity contribution in [2.75, 3.05) is 13.1 Å². The van der Waals surface area contributed by atoms with Gasteiger partial charge in [-0.1, -0.05) is 48.1 Å². The SMILES string of the molecule is CCNCCCc1nnc(-c2cccc(C)c2Cl)s1. The first-order valence-corrected chi connectivity index (χ1v) is 7.70. The largest absolute Gasteiger partial charge is 0.317 e. The van der Waals surface area contributed by atoms with Gasteiger partial charge in [0, 0.05) is 12.0 Å². The summed E-state index contributed by atoms with van der Waals surface area (Å²) >= 11 is 7.94. The van der Waals surface area contributed by atoms with E-state index >= 15 is 0 Å². The molecule has 3 nitrogen and oxygen atoms in total. The number of hydrogen-bond donors (Lipinski definition) is 1. The molecule has 0 radical (unpaired) electrons. The molecular weight excluding hydrogens is 278 g/mol. The van der Waals surface area contributed by atoms with Crippen LogP contribution in [0.1, 0.15) is 23.9 Å². The highest BCUT2D eigenvalue weighted by atomic mass is 35.5. The smallest absolute Gasteiger partial charge is 0.149 e. The van der Waals surface area contributed by atoms with E-state index in [1.165, 1.54) is 0 Å². The molecule has 0 fully saturated rings. The highest BCUT2D eigenvalue weighted by Crippen LogP contribution is 2.32. The summed E-state index contributed by atoms with van der Waals surface area (Å²) in [6, 6.07) is 6.01. The van der Waals surface area contributed by atoms with Crippen LogP contribution in [0, 0.1) is 6.92 Å². The summed E-state index contributed by atoms with van der Waals surface area (Å²) in [7, 11) is 0. The van der Waals surface area contributed by atoms with Crippen molar-refractivity contribution in [1.29, 1.82) is 0 Å². The van der Waals surface area contributed by atoms with Crippen LogP contribution >= 0.6 is 22.9 Å². The Bertz CT molecular complexity index is 539. The number of nitrogens with one attached hydrogen (secondary N) is 1. The molecule has 0 unspecified atom stereocenters. The summed E-state index contributed by atoms with van der Waals surface area (Å²) in [6.07, 6.45) is 2.05. The Morgan fingerprint density at radius 3 is 2.95 bits per heavy atom. The van der Waals surface area contributed by atoms with Crippen LogP contribution in [0.2, 0.25) is 5.02 Å². The van der Waals surface area contributed by atoms with Crippen LogP contribution in [-0.2, 0) is 6.42 Å². The van der Waals surface area contributed by atoms with Gasteiger partial charge < -0.3 is 5.32 Å². The van der Waals surface area contributed by atoms with E-state index in [2.05, 4.69) is 22.4 Å². The van der Waals surface area contributed by atoms with E-state index < -0.39 is 0 Å². The molecule has 19 heavy (non-hydrogen) atoms. The molecule has 102 valence electrons. The van der Waals surface area contributed by atoms with Gasteiger partial charge in [-0.2, -0.15) is 0 Å². The third-order valence-electron chi connectivity index (χ3n) is 2.88. The van der Waals surface area contributed by atoms with Crippen LogP contribution in [0.25, 0.3) is 10.6 Å². The lowest BCUT2D eigenvalue weighted by molar-refractivity contribution is 0.669. The number of aromatic nitrogens is 2. The van der Waals surface area contributed by atoms with Crippen LogP contribution in [0.3, 0.4) is 0 Å². The Balaban J connectivity index is 2.06. The number of hydrogen-bond acceptors (Lipinski definition) is 4. The zero-order chi connectivity index (χ0) is 13.7. The number of benzene rings is 1. The normalized spacial score (nSPS) is 10.9. The summed E-state index contributed by atoms with van der Waals surface area (Å²) in [5.41, 5.74) is 2.06. The molecule has 0 spiro atoms. The van der Waals surface area contributed by atoms with E-state index in [4.69, 9.17) is 11.6 Å². The predicted molar refractivity (Wildman–Crippen MR) is 82.0 cm³/mol. The highest BCUT2D eigenvalue weighted by Gasteiger charge is 2.11. The lowest BCUT2D eigenvalue weighted by atomic mass is 10.1. The zero-order valence-corrected chi connectivity index (χ0v) is 12.8. The fourth-order valence-electron chi connectivity index (χ4n) is 1.82. The highest BCUT2D eigenvalue weighted by molar-refractivity contribution is 7.14. The predicted octanol–water partition coefficient (Wildman–Crippen LogP) is 3.71. The molecule has 1 aromatic heterocycles. The molecule has 2 aromatic rings. The Morgan fingerprint density at radius 2 is 2.16 bits per heavy atom. The lowest BCUT2D eigenvalue weighted by Gasteiger charge is -2.02. The van der Waals surface area contributed by atoms with Crippen molar-refractivity contribution >= 4 is 22.9 Å². The minimum atomic E-state index is 0.776. The molecule has 0 saturated heterocycles. The second-order valence-corrected chi connectivity index (χ2v) is 5.83. The van der Waals surface area contributed by atoms with Crippen LogP contribution in [0.5, 0.6) is 0 Å². The van der Waals surface area contributed by atoms with Crippen molar-refractivity contribution in [1.82, 2.24) is 15.5 Å². The van der Waals surface area contributed by atoms with E-state index in [9.17, 15) is 0 Å². The topological polar surface area (TPSA) is 37.8 Å². The second-order valence-electron chi connectivity index (χ2n) is 4.39. The molecular formula is C14H18ClN3S. The summed E-state index contributed by atoms with van der Waals surface area (Å²) in [6.45, 7) is 6.16. The number of halogens is 1. The van der Waals surface area contributed by atoms with Gasteiger partial charge >= 0.3 is 0 Å². The summed E-state index contributed by atoms with van der Waals surface area (Å²) in [5.74, 6) is 0. The molecule has 0 bridgehead atoms. The minimum absolute atomic E-state index is 0.776. The molecule has 1 heterocycles. The van der Waals surface area contributed by atoms with E-state index in [1.807, 2.05) is 25.1 Å². The average Bonchev–Trinajstić information content (AvgIpc) is 2.87. The molecule has 0 aliphatic rings. The monoisotopic (exact) mass is 295 g/mol. The minimum Gasteiger partial charge on any atom is -0.317 e. The van der Waals surface area contributed by atoms with Gasteiger partial charge in [-0.25, -0.2) is 0 Å². The molecule has 0 amide bonds. The molecule has 1 N–H and O–H groups in total. The zero-order valence-electron chi connectivity index (χ0n) is 11.2. The van der Waals surface area contributed by atoms with E-state index in [0.717, 1.165) is 52.1 Å². The van der Waals surface area contributed by atoms with Crippen LogP contribution in [0.4, 0.5) is 0 Å². The number of rotatable bonds is 6. The van der Waals surface area contributed by atoms with Gasteiger partial charge in [-0.05, 0) is 32.0 Å². The van der Waals surface area contributed by atoms with Gasteiger partial charge in [0.1, 0.15) is 10.0 Å². The first-order valence-electron chi connectivity index (χ1n) is 6.51. The van der Waals surface area contributed by atoms with Crippen molar-refractivity contribution in [3.8, 4) is 10.6 Å². The molecule has 0 saturated carbocycles. The molecule has 0 aliphatic heterocycles. The Morgan fingerprint density at radius 1 is 1.32 bits per heavy atom. The first kappa shape index (κ1) is 14.4. The molecule has 2 rings (SSSR count). The number of aryl methyl sites for hydroxylation is 2. The molecule has 1 aromatic carbocycles. The average molecular weight is 296 g/mol. The second kappa shape index (κ2) is 6.98. The van der Waals surface area contributed by atoms with E-state index in [0.29, 0.717) is 0 Å². The lowest BCUT2D eigenvalue weighted by Crippen LogP contribution is -2.14. The quantitative estimate of drug-likeness (QED) is 0.826. The molecule has 0 aliphatic carbocycles. The maximum Gasteiger partial charge on any atom is 0.149 e. The van der Waals surface area contributed by atoms with Crippen molar-refractivity contribution in [3.05, 3.63) is 33.8 Å². The first-order chi connectivity index (χ1) is 9.22. The van der Waals surface area contributed by atoms with Crippen molar-refractivity contribution in [2.24, 2.45) is 0 Å². The Kier molecular flexibility index (Phi) is 5.31. The van der Waals surface area contributed by atoms with Gasteiger partial charge in [-0.3, -0.25) is 0 Å².